The van der Waals surface area contributed by atoms with E-state index in [4.69, 9.17) is 15.9 Å². The van der Waals surface area contributed by atoms with Crippen molar-refractivity contribution in [3.05, 3.63) is 47.7 Å². The summed E-state index contributed by atoms with van der Waals surface area (Å²) in [6.07, 6.45) is 0.582. The van der Waals surface area contributed by atoms with E-state index in [1.165, 1.54) is 0 Å². The summed E-state index contributed by atoms with van der Waals surface area (Å²) >= 11 is 0. The van der Waals surface area contributed by atoms with Gasteiger partial charge in [-0.25, -0.2) is 4.79 Å². The molecule has 0 fully saturated rings. The van der Waals surface area contributed by atoms with Gasteiger partial charge in [0, 0.05) is 5.56 Å². The fourth-order valence-corrected chi connectivity index (χ4v) is 2.34. The maximum absolute atomic E-state index is 12.4. The van der Waals surface area contributed by atoms with E-state index in [2.05, 4.69) is 20.3 Å². The van der Waals surface area contributed by atoms with E-state index in [1.54, 1.807) is 30.3 Å². The first-order valence-corrected chi connectivity index (χ1v) is 8.34. The summed E-state index contributed by atoms with van der Waals surface area (Å²) in [5.41, 5.74) is 10.5. The maximum Gasteiger partial charge on any atom is 0.404 e. The van der Waals surface area contributed by atoms with Crippen LogP contribution in [-0.2, 0) is 16.0 Å². The van der Waals surface area contributed by atoms with Crippen LogP contribution < -0.4 is 16.8 Å². The number of aromatic nitrogens is 2. The van der Waals surface area contributed by atoms with Gasteiger partial charge in [0.2, 0.25) is 17.7 Å². The van der Waals surface area contributed by atoms with Crippen LogP contribution in [0.1, 0.15) is 47.4 Å². The fraction of sp³-hybridized carbons (Fsp3) is 0.353. The zero-order valence-corrected chi connectivity index (χ0v) is 14.6. The lowest BCUT2D eigenvalue weighted by Gasteiger charge is -2.15. The van der Waals surface area contributed by atoms with Gasteiger partial charge in [0.05, 0.1) is 6.61 Å². The van der Waals surface area contributed by atoms with Gasteiger partial charge in [-0.05, 0) is 31.4 Å². The summed E-state index contributed by atoms with van der Waals surface area (Å²) in [4.78, 5) is 34.0. The minimum absolute atomic E-state index is 0.0773. The number of hydrogen-bond acceptors (Lipinski definition) is 7. The van der Waals surface area contributed by atoms with Crippen LogP contribution in [0, 0.1) is 0 Å². The molecule has 0 aliphatic heterocycles. The largest absolute Gasteiger partial charge is 0.450 e. The molecule has 1 heterocycles. The van der Waals surface area contributed by atoms with Crippen molar-refractivity contribution in [1.82, 2.24) is 15.5 Å². The number of amides is 3. The number of carbonyl (C=O) groups excluding carboxylic acids is 3. The second kappa shape index (κ2) is 9.90. The fourth-order valence-electron chi connectivity index (χ4n) is 2.34. The lowest BCUT2D eigenvalue weighted by atomic mass is 10.1. The molecule has 5 N–H and O–H groups in total. The van der Waals surface area contributed by atoms with Crippen LogP contribution >= 0.6 is 0 Å². The molecule has 0 saturated heterocycles. The third-order valence-corrected chi connectivity index (χ3v) is 3.58. The minimum Gasteiger partial charge on any atom is -0.450 e. The maximum atomic E-state index is 12.4. The Labute approximate surface area is 155 Å². The summed E-state index contributed by atoms with van der Waals surface area (Å²) in [6, 6.07) is 8.10. The molecule has 2 aromatic rings. The van der Waals surface area contributed by atoms with Crippen molar-refractivity contribution in [2.45, 2.75) is 31.7 Å². The first-order valence-electron chi connectivity index (χ1n) is 8.34. The van der Waals surface area contributed by atoms with Crippen molar-refractivity contribution >= 4 is 17.9 Å². The molecule has 0 unspecified atom stereocenters. The number of ether oxygens (including phenoxy) is 1. The number of unbranched alkanes of at least 4 members (excludes halogenated alkanes) is 1. The van der Waals surface area contributed by atoms with Gasteiger partial charge in [-0.3, -0.25) is 9.59 Å². The lowest BCUT2D eigenvalue weighted by molar-refractivity contribution is -0.117. The second-order valence-corrected chi connectivity index (χ2v) is 5.73. The molecule has 1 aromatic heterocycles. The number of rotatable bonds is 10. The van der Waals surface area contributed by atoms with Crippen molar-refractivity contribution in [1.29, 1.82) is 0 Å². The number of hydrogen-bond donors (Lipinski definition) is 3. The minimum atomic E-state index is -0.836. The number of nitrogens with zero attached hydrogens (tertiary/aromatic N) is 2. The van der Waals surface area contributed by atoms with Gasteiger partial charge < -0.3 is 25.9 Å². The first-order chi connectivity index (χ1) is 13.0. The first kappa shape index (κ1) is 19.9. The number of primary amides is 2. The van der Waals surface area contributed by atoms with E-state index in [1.807, 2.05) is 0 Å². The van der Waals surface area contributed by atoms with Gasteiger partial charge in [0.15, 0.2) is 0 Å². The molecule has 1 aromatic carbocycles. The van der Waals surface area contributed by atoms with E-state index in [-0.39, 0.29) is 30.7 Å². The number of carbonyl (C=O) groups is 3. The monoisotopic (exact) mass is 375 g/mol. The molecule has 0 bridgehead atoms. The van der Waals surface area contributed by atoms with Gasteiger partial charge in [-0.15, -0.1) is 10.2 Å². The number of nitrogens with one attached hydrogen (secondary N) is 1. The van der Waals surface area contributed by atoms with Crippen molar-refractivity contribution in [3.8, 4) is 0 Å². The van der Waals surface area contributed by atoms with Crippen molar-refractivity contribution in [2.24, 2.45) is 11.5 Å². The molecule has 2 rings (SSSR count). The Morgan fingerprint density at radius 1 is 1.11 bits per heavy atom. The molecular formula is C17H21N5O5. The molecule has 27 heavy (non-hydrogen) atoms. The SMILES string of the molecule is NC(=O)Cc1nnc([C@H](CCCCOC(N)=O)NC(=O)c2ccccc2)o1. The Bertz CT molecular complexity index is 777. The Balaban J connectivity index is 2.03. The van der Waals surface area contributed by atoms with Gasteiger partial charge in [-0.2, -0.15) is 0 Å². The predicted octanol–water partition coefficient (Wildman–Crippen LogP) is 0.834. The summed E-state index contributed by atoms with van der Waals surface area (Å²) in [5, 5.41) is 10.5. The lowest BCUT2D eigenvalue weighted by Crippen LogP contribution is -2.29. The molecule has 3 amide bonds. The quantitative estimate of drug-likeness (QED) is 0.518. The average molecular weight is 375 g/mol. The summed E-state index contributed by atoms with van der Waals surface area (Å²) < 4.78 is 10.1. The topological polar surface area (TPSA) is 163 Å². The van der Waals surface area contributed by atoms with Gasteiger partial charge in [0.25, 0.3) is 5.91 Å². The highest BCUT2D eigenvalue weighted by molar-refractivity contribution is 5.94. The molecule has 10 nitrogen and oxygen atoms in total. The average Bonchev–Trinajstić information content (AvgIpc) is 3.08. The normalized spacial score (nSPS) is 11.6. The van der Waals surface area contributed by atoms with Crippen LogP contribution in [0.15, 0.2) is 34.7 Å². The molecule has 0 aliphatic rings. The Kier molecular flexibility index (Phi) is 7.29. The molecule has 10 heteroatoms. The van der Waals surface area contributed by atoms with E-state index in [0.29, 0.717) is 24.8 Å². The van der Waals surface area contributed by atoms with Crippen LogP contribution in [0.4, 0.5) is 4.79 Å². The molecule has 144 valence electrons. The van der Waals surface area contributed by atoms with E-state index < -0.39 is 18.0 Å². The zero-order chi connectivity index (χ0) is 19.6. The number of nitrogens with two attached hydrogens (primary N) is 2. The third kappa shape index (κ3) is 6.77. The van der Waals surface area contributed by atoms with Crippen LogP contribution in [0.2, 0.25) is 0 Å². The summed E-state index contributed by atoms with van der Waals surface area (Å²) in [6.45, 7) is 0.172. The molecule has 0 saturated carbocycles. The van der Waals surface area contributed by atoms with Crippen molar-refractivity contribution in [2.75, 3.05) is 6.61 Å². The van der Waals surface area contributed by atoms with E-state index in [0.717, 1.165) is 0 Å². The Morgan fingerprint density at radius 2 is 1.85 bits per heavy atom. The highest BCUT2D eigenvalue weighted by atomic mass is 16.5. The van der Waals surface area contributed by atoms with Crippen LogP contribution in [-0.4, -0.2) is 34.7 Å². The van der Waals surface area contributed by atoms with E-state index in [9.17, 15) is 14.4 Å². The highest BCUT2D eigenvalue weighted by Gasteiger charge is 2.22. The van der Waals surface area contributed by atoms with E-state index >= 15 is 0 Å². The number of benzene rings is 1. The van der Waals surface area contributed by atoms with Gasteiger partial charge in [-0.1, -0.05) is 18.2 Å². The second-order valence-electron chi connectivity index (χ2n) is 5.73. The van der Waals surface area contributed by atoms with Crippen LogP contribution in [0.25, 0.3) is 0 Å². The molecule has 0 radical (unpaired) electrons. The zero-order valence-electron chi connectivity index (χ0n) is 14.6. The third-order valence-electron chi connectivity index (χ3n) is 3.58. The summed E-state index contributed by atoms with van der Waals surface area (Å²) in [7, 11) is 0. The molecular weight excluding hydrogens is 354 g/mol. The molecule has 1 atom stereocenters. The Morgan fingerprint density at radius 3 is 2.52 bits per heavy atom. The standard InChI is InChI=1S/C17H21N5O5/c18-13(23)10-14-21-22-16(27-14)12(8-4-5-9-26-17(19)25)20-15(24)11-6-2-1-3-7-11/h1-3,6-7,12H,4-5,8-10H2,(H2,18,23)(H2,19,25)(H,20,24)/t12-/m0/s1. The van der Waals surface area contributed by atoms with Gasteiger partial charge >= 0.3 is 6.09 Å². The van der Waals surface area contributed by atoms with Crippen molar-refractivity contribution in [3.63, 3.8) is 0 Å². The Hall–Kier alpha value is -3.43. The van der Waals surface area contributed by atoms with Crippen LogP contribution in [0.3, 0.4) is 0 Å². The van der Waals surface area contributed by atoms with Crippen molar-refractivity contribution < 1.29 is 23.5 Å². The smallest absolute Gasteiger partial charge is 0.404 e. The summed E-state index contributed by atoms with van der Waals surface area (Å²) in [5.74, 6) is -0.651. The molecule has 0 aliphatic carbocycles. The molecule has 0 spiro atoms. The van der Waals surface area contributed by atoms with Crippen LogP contribution in [0.5, 0.6) is 0 Å². The predicted molar refractivity (Wildman–Crippen MR) is 93.2 cm³/mol. The highest BCUT2D eigenvalue weighted by Crippen LogP contribution is 2.19. The van der Waals surface area contributed by atoms with Gasteiger partial charge in [0.1, 0.15) is 12.5 Å².